The molecule has 3 aromatic rings. The fourth-order valence-corrected chi connectivity index (χ4v) is 3.56. The highest BCUT2D eigenvalue weighted by Gasteiger charge is 2.23. The Bertz CT molecular complexity index is 947. The minimum absolute atomic E-state index is 0.198. The Labute approximate surface area is 141 Å². The van der Waals surface area contributed by atoms with Gasteiger partial charge in [0.15, 0.2) is 5.76 Å². The van der Waals surface area contributed by atoms with Crippen LogP contribution >= 0.6 is 0 Å². The molecule has 0 aliphatic carbocycles. The van der Waals surface area contributed by atoms with Gasteiger partial charge in [-0.2, -0.15) is 0 Å². The van der Waals surface area contributed by atoms with E-state index in [0.717, 1.165) is 11.1 Å². The molecule has 5 nitrogen and oxygen atoms in total. The van der Waals surface area contributed by atoms with Crippen LogP contribution in [0.2, 0.25) is 0 Å². The van der Waals surface area contributed by atoms with Gasteiger partial charge >= 0.3 is 0 Å². The predicted octanol–water partition coefficient (Wildman–Crippen LogP) is 4.01. The lowest BCUT2D eigenvalue weighted by Crippen LogP contribution is -2.14. The smallest absolute Gasteiger partial charge is 0.262 e. The van der Waals surface area contributed by atoms with Crippen LogP contribution in [0.25, 0.3) is 11.3 Å². The van der Waals surface area contributed by atoms with Gasteiger partial charge in [0, 0.05) is 5.56 Å². The molecule has 1 heterocycles. The predicted molar refractivity (Wildman–Crippen MR) is 93.3 cm³/mol. The number of hydrogen-bond donors (Lipinski definition) is 1. The Morgan fingerprint density at radius 3 is 2.50 bits per heavy atom. The van der Waals surface area contributed by atoms with E-state index in [2.05, 4.69) is 9.88 Å². The van der Waals surface area contributed by atoms with Crippen molar-refractivity contribution in [3.05, 3.63) is 65.9 Å². The van der Waals surface area contributed by atoms with E-state index in [-0.39, 0.29) is 4.90 Å². The Kier molecular flexibility index (Phi) is 4.40. The van der Waals surface area contributed by atoms with Crippen molar-refractivity contribution in [1.82, 2.24) is 5.16 Å². The molecule has 0 aliphatic heterocycles. The second-order valence-corrected chi connectivity index (χ2v) is 7.16. The van der Waals surface area contributed by atoms with Crippen molar-refractivity contribution < 1.29 is 12.9 Å². The first-order valence-electron chi connectivity index (χ1n) is 7.64. The summed E-state index contributed by atoms with van der Waals surface area (Å²) in [5.74, 6) is 0.426. The summed E-state index contributed by atoms with van der Waals surface area (Å²) in [6, 6.07) is 15.9. The molecule has 3 rings (SSSR count). The highest BCUT2D eigenvalue weighted by atomic mass is 32.2. The molecule has 124 valence electrons. The van der Waals surface area contributed by atoms with Crippen molar-refractivity contribution in [3.8, 4) is 11.3 Å². The van der Waals surface area contributed by atoms with Crippen LogP contribution in [-0.2, 0) is 16.4 Å². The molecule has 1 N–H and O–H groups in total. The summed E-state index contributed by atoms with van der Waals surface area (Å²) in [4.78, 5) is 0.198. The van der Waals surface area contributed by atoms with Crippen molar-refractivity contribution in [2.45, 2.75) is 25.2 Å². The van der Waals surface area contributed by atoms with Gasteiger partial charge in [-0.15, -0.1) is 0 Å². The van der Waals surface area contributed by atoms with Gasteiger partial charge in [0.05, 0.1) is 4.90 Å². The van der Waals surface area contributed by atoms with Crippen LogP contribution in [0, 0.1) is 6.92 Å². The molecule has 0 amide bonds. The van der Waals surface area contributed by atoms with Gasteiger partial charge in [0.1, 0.15) is 11.4 Å². The van der Waals surface area contributed by atoms with Crippen molar-refractivity contribution in [2.75, 3.05) is 4.72 Å². The van der Waals surface area contributed by atoms with Gasteiger partial charge in [0.2, 0.25) is 0 Å². The maximum atomic E-state index is 12.6. The molecule has 0 saturated heterocycles. The molecule has 24 heavy (non-hydrogen) atoms. The van der Waals surface area contributed by atoms with E-state index < -0.39 is 10.0 Å². The third-order valence-electron chi connectivity index (χ3n) is 3.67. The topological polar surface area (TPSA) is 72.2 Å². The third kappa shape index (κ3) is 3.19. The zero-order valence-electron chi connectivity index (χ0n) is 13.5. The van der Waals surface area contributed by atoms with Crippen LogP contribution in [0.3, 0.4) is 0 Å². The number of benzene rings is 2. The van der Waals surface area contributed by atoms with Gasteiger partial charge in [-0.1, -0.05) is 54.0 Å². The SMILES string of the molecule is CCc1noc(-c2cccc(C)c2)c1NS(=O)(=O)c1ccccc1. The summed E-state index contributed by atoms with van der Waals surface area (Å²) in [7, 11) is -3.71. The molecule has 0 radical (unpaired) electrons. The number of aromatic nitrogens is 1. The van der Waals surface area contributed by atoms with E-state index in [9.17, 15) is 8.42 Å². The van der Waals surface area contributed by atoms with Crippen LogP contribution in [0.1, 0.15) is 18.2 Å². The average molecular weight is 342 g/mol. The fourth-order valence-electron chi connectivity index (χ4n) is 2.45. The maximum Gasteiger partial charge on any atom is 0.262 e. The molecule has 0 saturated carbocycles. The zero-order chi connectivity index (χ0) is 17.2. The molecule has 0 unspecified atom stereocenters. The molecule has 1 aromatic heterocycles. The first-order chi connectivity index (χ1) is 11.5. The van der Waals surface area contributed by atoms with Crippen molar-refractivity contribution >= 4 is 15.7 Å². The molecule has 0 spiro atoms. The van der Waals surface area contributed by atoms with Crippen molar-refractivity contribution in [3.63, 3.8) is 0 Å². The summed E-state index contributed by atoms with van der Waals surface area (Å²) < 4.78 is 33.3. The molecule has 0 fully saturated rings. The summed E-state index contributed by atoms with van der Waals surface area (Å²) in [5.41, 5.74) is 2.81. The lowest BCUT2D eigenvalue weighted by atomic mass is 10.1. The summed E-state index contributed by atoms with van der Waals surface area (Å²) >= 11 is 0. The van der Waals surface area contributed by atoms with E-state index >= 15 is 0 Å². The summed E-state index contributed by atoms with van der Waals surface area (Å²) in [6.45, 7) is 3.87. The monoisotopic (exact) mass is 342 g/mol. The van der Waals surface area contributed by atoms with Gasteiger partial charge < -0.3 is 4.52 Å². The summed E-state index contributed by atoms with van der Waals surface area (Å²) in [6.07, 6.45) is 0.557. The van der Waals surface area contributed by atoms with Crippen LogP contribution in [0.5, 0.6) is 0 Å². The van der Waals surface area contributed by atoms with E-state index in [0.29, 0.717) is 23.6 Å². The quantitative estimate of drug-likeness (QED) is 0.760. The normalized spacial score (nSPS) is 11.4. The Morgan fingerprint density at radius 2 is 1.83 bits per heavy atom. The number of nitrogens with zero attached hydrogens (tertiary/aromatic N) is 1. The highest BCUT2D eigenvalue weighted by Crippen LogP contribution is 2.33. The second kappa shape index (κ2) is 6.49. The zero-order valence-corrected chi connectivity index (χ0v) is 14.3. The summed E-state index contributed by atoms with van der Waals surface area (Å²) in [5, 5.41) is 4.02. The van der Waals surface area contributed by atoms with Gasteiger partial charge in [-0.05, 0) is 31.5 Å². The Hall–Kier alpha value is -2.60. The molecule has 0 aliphatic rings. The van der Waals surface area contributed by atoms with Crippen molar-refractivity contribution in [2.24, 2.45) is 0 Å². The third-order valence-corrected chi connectivity index (χ3v) is 5.03. The number of anilines is 1. The van der Waals surface area contributed by atoms with Crippen molar-refractivity contribution in [1.29, 1.82) is 0 Å². The molecule has 0 atom stereocenters. The Balaban J connectivity index is 2.06. The van der Waals surface area contributed by atoms with Crippen LogP contribution in [0.15, 0.2) is 64.0 Å². The Morgan fingerprint density at radius 1 is 1.08 bits per heavy atom. The number of hydrogen-bond acceptors (Lipinski definition) is 4. The lowest BCUT2D eigenvalue weighted by Gasteiger charge is -2.09. The lowest BCUT2D eigenvalue weighted by molar-refractivity contribution is 0.424. The van der Waals surface area contributed by atoms with Gasteiger partial charge in [-0.25, -0.2) is 8.42 Å². The maximum absolute atomic E-state index is 12.6. The van der Waals surface area contributed by atoms with E-state index in [1.165, 1.54) is 0 Å². The molecule has 2 aromatic carbocycles. The molecular weight excluding hydrogens is 324 g/mol. The van der Waals surface area contributed by atoms with E-state index in [1.54, 1.807) is 30.3 Å². The largest absolute Gasteiger partial charge is 0.354 e. The molecular formula is C18H18N2O3S. The van der Waals surface area contributed by atoms with Gasteiger partial charge in [0.25, 0.3) is 10.0 Å². The minimum Gasteiger partial charge on any atom is -0.354 e. The van der Waals surface area contributed by atoms with Crippen LogP contribution in [0.4, 0.5) is 5.69 Å². The van der Waals surface area contributed by atoms with Crippen LogP contribution in [-0.4, -0.2) is 13.6 Å². The standard InChI is InChI=1S/C18H18N2O3S/c1-3-16-17(20-24(21,22)15-10-5-4-6-11-15)18(23-19-16)14-9-7-8-13(2)12-14/h4-12,20H,3H2,1-2H3. The minimum atomic E-state index is -3.71. The number of rotatable bonds is 5. The first-order valence-corrected chi connectivity index (χ1v) is 9.13. The molecule has 0 bridgehead atoms. The second-order valence-electron chi connectivity index (χ2n) is 5.47. The first kappa shape index (κ1) is 16.3. The fraction of sp³-hybridized carbons (Fsp3) is 0.167. The number of aryl methyl sites for hydroxylation is 2. The van der Waals surface area contributed by atoms with Crippen LogP contribution < -0.4 is 4.72 Å². The van der Waals surface area contributed by atoms with E-state index in [4.69, 9.17) is 4.52 Å². The number of nitrogens with one attached hydrogen (secondary N) is 1. The highest BCUT2D eigenvalue weighted by molar-refractivity contribution is 7.92. The number of sulfonamides is 1. The van der Waals surface area contributed by atoms with Gasteiger partial charge in [-0.3, -0.25) is 4.72 Å². The average Bonchev–Trinajstić information content (AvgIpc) is 2.97. The van der Waals surface area contributed by atoms with E-state index in [1.807, 2.05) is 38.1 Å². The molecule has 6 heteroatoms.